The largest absolute Gasteiger partial charge is 0.543 e. The number of hydrogen-bond donors (Lipinski definition) is 1. The minimum atomic E-state index is -1.52. The molecule has 0 saturated carbocycles. The number of aliphatic carboxylic acids is 1. The van der Waals surface area contributed by atoms with Crippen molar-refractivity contribution in [2.24, 2.45) is 0 Å². The molecule has 2 aromatic rings. The van der Waals surface area contributed by atoms with Crippen LogP contribution in [-0.4, -0.2) is 11.9 Å². The third kappa shape index (κ3) is 3.27. The number of carboxylic acids is 1. The minimum Gasteiger partial charge on any atom is -0.543 e. The first-order chi connectivity index (χ1) is 9.58. The van der Waals surface area contributed by atoms with E-state index in [1.807, 2.05) is 0 Å². The molecule has 0 unspecified atom stereocenters. The van der Waals surface area contributed by atoms with Gasteiger partial charge in [0, 0.05) is 5.02 Å². The van der Waals surface area contributed by atoms with Crippen molar-refractivity contribution in [3.63, 3.8) is 0 Å². The molecule has 5 nitrogen and oxygen atoms in total. The topological polar surface area (TPSA) is 82.4 Å². The predicted molar refractivity (Wildman–Crippen MR) is 70.6 cm³/mol. The van der Waals surface area contributed by atoms with Crippen LogP contribution in [0.25, 0.3) is 6.08 Å². The molecule has 1 heterocycles. The molecule has 1 amide bonds. The Morgan fingerprint density at radius 3 is 2.55 bits per heavy atom. The van der Waals surface area contributed by atoms with Crippen LogP contribution in [0.1, 0.15) is 16.1 Å². The van der Waals surface area contributed by atoms with Gasteiger partial charge in [-0.25, -0.2) is 0 Å². The van der Waals surface area contributed by atoms with E-state index >= 15 is 0 Å². The predicted octanol–water partition coefficient (Wildman–Crippen LogP) is 1.45. The fraction of sp³-hybridized carbons (Fsp3) is 0. The van der Waals surface area contributed by atoms with E-state index in [0.717, 1.165) is 0 Å². The van der Waals surface area contributed by atoms with E-state index in [0.29, 0.717) is 10.6 Å². The molecule has 0 saturated heterocycles. The second kappa shape index (κ2) is 6.08. The van der Waals surface area contributed by atoms with Crippen molar-refractivity contribution in [3.05, 3.63) is 64.7 Å². The van der Waals surface area contributed by atoms with Gasteiger partial charge in [0.15, 0.2) is 5.76 Å². The fourth-order valence-electron chi connectivity index (χ4n) is 1.49. The molecule has 0 aliphatic carbocycles. The normalized spacial score (nSPS) is 11.2. The Hall–Kier alpha value is -2.53. The van der Waals surface area contributed by atoms with Gasteiger partial charge in [0.1, 0.15) is 0 Å². The van der Waals surface area contributed by atoms with Gasteiger partial charge < -0.3 is 19.6 Å². The van der Waals surface area contributed by atoms with Gasteiger partial charge in [-0.15, -0.1) is 0 Å². The highest BCUT2D eigenvalue weighted by molar-refractivity contribution is 6.32. The Morgan fingerprint density at radius 1 is 1.20 bits per heavy atom. The summed E-state index contributed by atoms with van der Waals surface area (Å²) in [5.41, 5.74) is 0.0487. The molecule has 1 aromatic heterocycles. The van der Waals surface area contributed by atoms with Crippen LogP contribution in [0.15, 0.2) is 52.8 Å². The van der Waals surface area contributed by atoms with Crippen molar-refractivity contribution in [3.8, 4) is 0 Å². The third-order valence-electron chi connectivity index (χ3n) is 2.42. The second-order valence-corrected chi connectivity index (χ2v) is 4.21. The standard InChI is InChI=1S/C14H10ClNO4/c15-10-5-2-1-4-9(10)8-11(14(18)19)16-13(17)12-6-3-7-20-12/h1-8H,(H,16,17)(H,18,19)/p-1/b11-8+. The Labute approximate surface area is 119 Å². The number of hydrogen-bond acceptors (Lipinski definition) is 4. The first-order valence-electron chi connectivity index (χ1n) is 5.60. The van der Waals surface area contributed by atoms with E-state index in [1.165, 1.54) is 24.5 Å². The minimum absolute atomic E-state index is 0.00342. The summed E-state index contributed by atoms with van der Waals surface area (Å²) in [6.07, 6.45) is 2.53. The van der Waals surface area contributed by atoms with Gasteiger partial charge in [-0.2, -0.15) is 0 Å². The van der Waals surface area contributed by atoms with Crippen LogP contribution in [-0.2, 0) is 4.79 Å². The SMILES string of the molecule is O=C([O-])/C(=C\c1ccccc1Cl)NC(=O)c1ccco1. The highest BCUT2D eigenvalue weighted by Crippen LogP contribution is 2.17. The summed E-state index contributed by atoms with van der Waals surface area (Å²) in [5, 5.41) is 13.6. The molecule has 0 spiro atoms. The van der Waals surface area contributed by atoms with Crippen molar-refractivity contribution in [1.82, 2.24) is 5.32 Å². The van der Waals surface area contributed by atoms with Crippen LogP contribution in [0.3, 0.4) is 0 Å². The van der Waals surface area contributed by atoms with Gasteiger partial charge in [0.05, 0.1) is 17.9 Å². The maximum Gasteiger partial charge on any atom is 0.291 e. The molecule has 0 aliphatic heterocycles. The fourth-order valence-corrected chi connectivity index (χ4v) is 1.68. The lowest BCUT2D eigenvalue weighted by atomic mass is 10.2. The Balaban J connectivity index is 2.26. The van der Waals surface area contributed by atoms with Crippen LogP contribution in [0.2, 0.25) is 5.02 Å². The zero-order valence-corrected chi connectivity index (χ0v) is 10.9. The Kier molecular flexibility index (Phi) is 4.22. The lowest BCUT2D eigenvalue weighted by Gasteiger charge is -2.10. The molecule has 0 fully saturated rings. The number of halogens is 1. The molecular weight excluding hydrogens is 282 g/mol. The van der Waals surface area contributed by atoms with Gasteiger partial charge in [-0.3, -0.25) is 4.79 Å². The molecule has 20 heavy (non-hydrogen) atoms. The van der Waals surface area contributed by atoms with Crippen LogP contribution in [0.5, 0.6) is 0 Å². The second-order valence-electron chi connectivity index (χ2n) is 3.80. The van der Waals surface area contributed by atoms with Crippen molar-refractivity contribution in [2.45, 2.75) is 0 Å². The Morgan fingerprint density at radius 2 is 1.95 bits per heavy atom. The zero-order chi connectivity index (χ0) is 14.5. The number of amides is 1. The van der Waals surface area contributed by atoms with E-state index in [1.54, 1.807) is 24.3 Å². The van der Waals surface area contributed by atoms with Gasteiger partial charge in [-0.1, -0.05) is 29.8 Å². The van der Waals surface area contributed by atoms with Crippen LogP contribution < -0.4 is 10.4 Å². The molecule has 0 aliphatic rings. The molecule has 102 valence electrons. The molecule has 0 bridgehead atoms. The van der Waals surface area contributed by atoms with Gasteiger partial charge in [0.25, 0.3) is 5.91 Å². The molecule has 0 radical (unpaired) electrons. The van der Waals surface area contributed by atoms with Gasteiger partial charge >= 0.3 is 0 Å². The van der Waals surface area contributed by atoms with Crippen LogP contribution in [0, 0.1) is 0 Å². The number of carboxylic acid groups (broad SMARTS) is 1. The summed E-state index contributed by atoms with van der Waals surface area (Å²) in [4.78, 5) is 22.8. The smallest absolute Gasteiger partial charge is 0.291 e. The number of carbonyl (C=O) groups excluding carboxylic acids is 2. The summed E-state index contributed by atoms with van der Waals surface area (Å²) in [6.45, 7) is 0. The molecule has 1 aromatic carbocycles. The number of furan rings is 1. The highest BCUT2D eigenvalue weighted by Gasteiger charge is 2.11. The first-order valence-corrected chi connectivity index (χ1v) is 5.98. The monoisotopic (exact) mass is 290 g/mol. The van der Waals surface area contributed by atoms with E-state index in [9.17, 15) is 14.7 Å². The first kappa shape index (κ1) is 13.9. The van der Waals surface area contributed by atoms with Crippen molar-refractivity contribution in [2.75, 3.05) is 0 Å². The lowest BCUT2D eigenvalue weighted by molar-refractivity contribution is -0.299. The Bertz CT molecular complexity index is 662. The van der Waals surface area contributed by atoms with Gasteiger partial charge in [-0.05, 0) is 29.8 Å². The quantitative estimate of drug-likeness (QED) is 0.864. The third-order valence-corrected chi connectivity index (χ3v) is 2.76. The summed E-state index contributed by atoms with van der Waals surface area (Å²) >= 11 is 5.92. The number of rotatable bonds is 4. The van der Waals surface area contributed by atoms with E-state index in [-0.39, 0.29) is 5.76 Å². The maximum absolute atomic E-state index is 11.7. The average molecular weight is 291 g/mol. The molecule has 1 N–H and O–H groups in total. The maximum atomic E-state index is 11.7. The lowest BCUT2D eigenvalue weighted by Crippen LogP contribution is -2.35. The van der Waals surface area contributed by atoms with E-state index in [2.05, 4.69) is 5.32 Å². The molecule has 0 atom stereocenters. The summed E-state index contributed by atoms with van der Waals surface area (Å²) in [5.74, 6) is -2.21. The number of nitrogens with one attached hydrogen (secondary N) is 1. The van der Waals surface area contributed by atoms with Crippen molar-refractivity contribution >= 4 is 29.6 Å². The molecule has 2 rings (SSSR count). The summed E-state index contributed by atoms with van der Waals surface area (Å²) in [6, 6.07) is 9.56. The molecular formula is C14H9ClNO4-. The molecule has 6 heteroatoms. The average Bonchev–Trinajstić information content (AvgIpc) is 2.94. The summed E-state index contributed by atoms with van der Waals surface area (Å²) in [7, 11) is 0. The van der Waals surface area contributed by atoms with Crippen LogP contribution in [0.4, 0.5) is 0 Å². The van der Waals surface area contributed by atoms with Crippen molar-refractivity contribution in [1.29, 1.82) is 0 Å². The highest BCUT2D eigenvalue weighted by atomic mass is 35.5. The van der Waals surface area contributed by atoms with Gasteiger partial charge in [0.2, 0.25) is 0 Å². The van der Waals surface area contributed by atoms with Crippen LogP contribution >= 0.6 is 11.6 Å². The number of benzene rings is 1. The number of carbonyl (C=O) groups is 2. The zero-order valence-electron chi connectivity index (χ0n) is 10.1. The van der Waals surface area contributed by atoms with Crippen molar-refractivity contribution < 1.29 is 19.1 Å². The summed E-state index contributed by atoms with van der Waals surface area (Å²) < 4.78 is 4.87. The van der Waals surface area contributed by atoms with E-state index < -0.39 is 17.6 Å². The van der Waals surface area contributed by atoms with E-state index in [4.69, 9.17) is 16.0 Å².